The minimum Gasteiger partial charge on any atom is -0.545 e. The van der Waals surface area contributed by atoms with Gasteiger partial charge in [-0.15, -0.1) is 0 Å². The second-order valence-corrected chi connectivity index (χ2v) is 7.33. The Hall–Kier alpha value is -2.87. The predicted octanol–water partition coefficient (Wildman–Crippen LogP) is 0.612. The smallest absolute Gasteiger partial charge is 0.239 e. The number of amides is 1. The van der Waals surface area contributed by atoms with Crippen LogP contribution in [0.5, 0.6) is 5.75 Å². The van der Waals surface area contributed by atoms with Crippen LogP contribution in [0.2, 0.25) is 0 Å². The monoisotopic (exact) mass is 362 g/mol. The number of nitrogens with one attached hydrogen (secondary N) is 1. The normalized spacial score (nSPS) is 10.9. The molecule has 0 fully saturated rings. The molecule has 2 aromatic rings. The number of aromatic carboxylic acids is 1. The maximum atomic E-state index is 12.2. The van der Waals surface area contributed by atoms with Gasteiger partial charge in [-0.3, -0.25) is 4.79 Å². The van der Waals surface area contributed by atoms with Crippen LogP contribution in [0.25, 0.3) is 0 Å². The number of carboxylic acids is 1. The fourth-order valence-electron chi connectivity index (χ4n) is 2.23. The molecule has 2 aromatic carbocycles. The third-order valence-electron chi connectivity index (χ3n) is 3.28. The second-order valence-electron chi connectivity index (χ2n) is 5.27. The van der Waals surface area contributed by atoms with E-state index in [9.17, 15) is 23.1 Å². The summed E-state index contributed by atoms with van der Waals surface area (Å²) >= 11 is 0. The first-order valence-corrected chi connectivity index (χ1v) is 9.06. The van der Waals surface area contributed by atoms with Crippen LogP contribution in [-0.2, 0) is 20.4 Å². The SMILES string of the molecule is COc1ccccc1NC(=O)CS(=O)(=O)Cc1cccc(C(=O)[O-])c1. The number of carbonyl (C=O) groups excluding carboxylic acids is 2. The number of hydrogen-bond donors (Lipinski definition) is 1. The van der Waals surface area contributed by atoms with Crippen molar-refractivity contribution in [1.82, 2.24) is 0 Å². The van der Waals surface area contributed by atoms with E-state index < -0.39 is 33.2 Å². The van der Waals surface area contributed by atoms with Crippen LogP contribution in [-0.4, -0.2) is 33.2 Å². The predicted molar refractivity (Wildman–Crippen MR) is 89.9 cm³/mol. The number of methoxy groups -OCH3 is 1. The van der Waals surface area contributed by atoms with E-state index in [1.807, 2.05) is 0 Å². The molecule has 0 saturated carbocycles. The van der Waals surface area contributed by atoms with E-state index >= 15 is 0 Å². The first-order chi connectivity index (χ1) is 11.8. The molecule has 0 aliphatic rings. The van der Waals surface area contributed by atoms with Gasteiger partial charge in [0.15, 0.2) is 9.84 Å². The lowest BCUT2D eigenvalue weighted by Gasteiger charge is -2.10. The zero-order valence-electron chi connectivity index (χ0n) is 13.4. The van der Waals surface area contributed by atoms with Gasteiger partial charge in [0.1, 0.15) is 11.5 Å². The Morgan fingerprint density at radius 1 is 1.12 bits per heavy atom. The van der Waals surface area contributed by atoms with Gasteiger partial charge < -0.3 is 20.0 Å². The summed E-state index contributed by atoms with van der Waals surface area (Å²) in [6.07, 6.45) is 0. The fraction of sp³-hybridized carbons (Fsp3) is 0.176. The van der Waals surface area contributed by atoms with E-state index in [1.165, 1.54) is 31.4 Å². The number of anilines is 1. The third kappa shape index (κ3) is 5.32. The number of ether oxygens (including phenoxy) is 1. The van der Waals surface area contributed by atoms with E-state index in [0.717, 1.165) is 0 Å². The van der Waals surface area contributed by atoms with Crippen molar-refractivity contribution in [3.8, 4) is 5.75 Å². The fourth-order valence-corrected chi connectivity index (χ4v) is 3.49. The molecule has 1 amide bonds. The van der Waals surface area contributed by atoms with Gasteiger partial charge in [-0.05, 0) is 29.3 Å². The van der Waals surface area contributed by atoms with Crippen molar-refractivity contribution in [1.29, 1.82) is 0 Å². The first-order valence-electron chi connectivity index (χ1n) is 7.24. The van der Waals surface area contributed by atoms with Crippen LogP contribution in [0, 0.1) is 0 Å². The molecular weight excluding hydrogens is 346 g/mol. The Morgan fingerprint density at radius 2 is 1.84 bits per heavy atom. The number of rotatable bonds is 7. The topological polar surface area (TPSA) is 113 Å². The van der Waals surface area contributed by atoms with Crippen LogP contribution < -0.4 is 15.2 Å². The molecule has 0 aromatic heterocycles. The second kappa shape index (κ2) is 7.80. The van der Waals surface area contributed by atoms with E-state index in [1.54, 1.807) is 24.3 Å². The summed E-state index contributed by atoms with van der Waals surface area (Å²) < 4.78 is 29.4. The number of para-hydroxylation sites is 2. The van der Waals surface area contributed by atoms with Crippen molar-refractivity contribution in [2.75, 3.05) is 18.2 Å². The quantitative estimate of drug-likeness (QED) is 0.772. The van der Waals surface area contributed by atoms with E-state index in [-0.39, 0.29) is 11.1 Å². The minimum atomic E-state index is -3.78. The molecule has 7 nitrogen and oxygen atoms in total. The summed E-state index contributed by atoms with van der Waals surface area (Å²) in [6.45, 7) is 0. The van der Waals surface area contributed by atoms with Crippen LogP contribution in [0.4, 0.5) is 5.69 Å². The highest BCUT2D eigenvalue weighted by Gasteiger charge is 2.18. The number of sulfone groups is 1. The Morgan fingerprint density at radius 3 is 2.52 bits per heavy atom. The number of carboxylic acid groups (broad SMARTS) is 1. The van der Waals surface area contributed by atoms with Crippen LogP contribution in [0.1, 0.15) is 15.9 Å². The molecule has 0 heterocycles. The largest absolute Gasteiger partial charge is 0.545 e. The first kappa shape index (κ1) is 18.5. The summed E-state index contributed by atoms with van der Waals surface area (Å²) in [6, 6.07) is 12.0. The Balaban J connectivity index is 2.06. The van der Waals surface area contributed by atoms with Crippen molar-refractivity contribution >= 4 is 27.4 Å². The lowest BCUT2D eigenvalue weighted by atomic mass is 10.1. The molecule has 2 rings (SSSR count). The van der Waals surface area contributed by atoms with Gasteiger partial charge in [-0.2, -0.15) is 0 Å². The summed E-state index contributed by atoms with van der Waals surface area (Å²) in [5.74, 6) is -2.88. The summed E-state index contributed by atoms with van der Waals surface area (Å²) in [5, 5.41) is 13.3. The minimum absolute atomic E-state index is 0.119. The van der Waals surface area contributed by atoms with Crippen LogP contribution in [0.3, 0.4) is 0 Å². The summed E-state index contributed by atoms with van der Waals surface area (Å²) in [5.41, 5.74) is 0.516. The highest BCUT2D eigenvalue weighted by molar-refractivity contribution is 7.91. The molecule has 0 radical (unpaired) electrons. The van der Waals surface area contributed by atoms with Crippen molar-refractivity contribution in [2.24, 2.45) is 0 Å². The van der Waals surface area contributed by atoms with Gasteiger partial charge in [-0.25, -0.2) is 8.42 Å². The molecule has 0 aliphatic heterocycles. The number of hydrogen-bond acceptors (Lipinski definition) is 6. The lowest BCUT2D eigenvalue weighted by Crippen LogP contribution is -2.25. The highest BCUT2D eigenvalue weighted by Crippen LogP contribution is 2.23. The standard InChI is InChI=1S/C17H17NO6S/c1-24-15-8-3-2-7-14(15)18-16(19)11-25(22,23)10-12-5-4-6-13(9-12)17(20)21/h2-9H,10-11H2,1H3,(H,18,19)(H,20,21)/p-1. The van der Waals surface area contributed by atoms with E-state index in [2.05, 4.69) is 5.32 Å². The average Bonchev–Trinajstić information content (AvgIpc) is 2.54. The maximum absolute atomic E-state index is 12.2. The van der Waals surface area contributed by atoms with Crippen molar-refractivity contribution in [3.63, 3.8) is 0 Å². The summed E-state index contributed by atoms with van der Waals surface area (Å²) in [7, 11) is -2.35. The van der Waals surface area contributed by atoms with Gasteiger partial charge in [0.25, 0.3) is 0 Å². The molecule has 1 N–H and O–H groups in total. The van der Waals surface area contributed by atoms with Gasteiger partial charge >= 0.3 is 0 Å². The third-order valence-corrected chi connectivity index (χ3v) is 4.76. The van der Waals surface area contributed by atoms with E-state index in [0.29, 0.717) is 11.4 Å². The Kier molecular flexibility index (Phi) is 5.76. The molecule has 132 valence electrons. The summed E-state index contributed by atoms with van der Waals surface area (Å²) in [4.78, 5) is 22.8. The lowest BCUT2D eigenvalue weighted by molar-refractivity contribution is -0.255. The zero-order chi connectivity index (χ0) is 18.4. The van der Waals surface area contributed by atoms with Crippen molar-refractivity contribution in [2.45, 2.75) is 5.75 Å². The molecule has 0 unspecified atom stereocenters. The van der Waals surface area contributed by atoms with Crippen molar-refractivity contribution in [3.05, 3.63) is 59.7 Å². The maximum Gasteiger partial charge on any atom is 0.239 e. The number of carbonyl (C=O) groups is 2. The van der Waals surface area contributed by atoms with Crippen LogP contribution in [0.15, 0.2) is 48.5 Å². The van der Waals surface area contributed by atoms with Gasteiger partial charge in [0.05, 0.1) is 24.5 Å². The molecule has 0 saturated heterocycles. The molecule has 0 aliphatic carbocycles. The Bertz CT molecular complexity index is 892. The number of benzene rings is 2. The molecular formula is C17H16NO6S-. The Labute approximate surface area is 145 Å². The zero-order valence-corrected chi connectivity index (χ0v) is 14.2. The molecule has 8 heteroatoms. The van der Waals surface area contributed by atoms with Gasteiger partial charge in [0.2, 0.25) is 5.91 Å². The van der Waals surface area contributed by atoms with E-state index in [4.69, 9.17) is 4.74 Å². The highest BCUT2D eigenvalue weighted by atomic mass is 32.2. The van der Waals surface area contributed by atoms with Gasteiger partial charge in [0, 0.05) is 0 Å². The molecule has 25 heavy (non-hydrogen) atoms. The molecule has 0 spiro atoms. The van der Waals surface area contributed by atoms with Gasteiger partial charge in [-0.1, -0.05) is 30.3 Å². The molecule has 0 atom stereocenters. The molecule has 0 bridgehead atoms. The average molecular weight is 362 g/mol. The van der Waals surface area contributed by atoms with Crippen molar-refractivity contribution < 1.29 is 27.9 Å². The van der Waals surface area contributed by atoms with Crippen LogP contribution >= 0.6 is 0 Å².